The molecule has 1 atom stereocenters. The SMILES string of the molecule is CC1CCCN(c2nc3ccccn3c2CCl)CC1. The van der Waals surface area contributed by atoms with Crippen LogP contribution in [0.25, 0.3) is 5.65 Å². The molecule has 0 amide bonds. The van der Waals surface area contributed by atoms with Crippen molar-refractivity contribution in [2.75, 3.05) is 18.0 Å². The number of hydrogen-bond acceptors (Lipinski definition) is 2. The molecule has 2 aromatic rings. The van der Waals surface area contributed by atoms with Gasteiger partial charge in [-0.3, -0.25) is 0 Å². The van der Waals surface area contributed by atoms with Crippen LogP contribution < -0.4 is 4.90 Å². The van der Waals surface area contributed by atoms with Crippen LogP contribution >= 0.6 is 11.6 Å². The van der Waals surface area contributed by atoms with E-state index in [1.54, 1.807) is 0 Å². The average Bonchev–Trinajstić information content (AvgIpc) is 2.67. The summed E-state index contributed by atoms with van der Waals surface area (Å²) in [5.41, 5.74) is 2.11. The van der Waals surface area contributed by atoms with Gasteiger partial charge >= 0.3 is 0 Å². The zero-order chi connectivity index (χ0) is 13.2. The van der Waals surface area contributed by atoms with E-state index in [4.69, 9.17) is 16.6 Å². The molecule has 0 aliphatic carbocycles. The summed E-state index contributed by atoms with van der Waals surface area (Å²) in [7, 11) is 0. The second-order valence-electron chi connectivity index (χ2n) is 5.47. The third-order valence-corrected chi connectivity index (χ3v) is 4.30. The van der Waals surface area contributed by atoms with E-state index in [2.05, 4.69) is 16.2 Å². The van der Waals surface area contributed by atoms with E-state index < -0.39 is 0 Å². The quantitative estimate of drug-likeness (QED) is 0.780. The molecule has 19 heavy (non-hydrogen) atoms. The number of nitrogens with zero attached hydrogens (tertiary/aromatic N) is 3. The maximum Gasteiger partial charge on any atom is 0.152 e. The molecule has 3 nitrogen and oxygen atoms in total. The molecule has 0 spiro atoms. The van der Waals surface area contributed by atoms with E-state index in [1.807, 2.05) is 24.4 Å². The molecule has 0 bridgehead atoms. The van der Waals surface area contributed by atoms with Crippen molar-refractivity contribution < 1.29 is 0 Å². The molecular formula is C15H20ClN3. The van der Waals surface area contributed by atoms with E-state index in [0.717, 1.165) is 36.2 Å². The van der Waals surface area contributed by atoms with Gasteiger partial charge in [-0.1, -0.05) is 13.0 Å². The molecule has 1 aliphatic heterocycles. The number of hydrogen-bond donors (Lipinski definition) is 0. The smallest absolute Gasteiger partial charge is 0.152 e. The number of halogens is 1. The Morgan fingerprint density at radius 3 is 3.05 bits per heavy atom. The Kier molecular flexibility index (Phi) is 3.65. The van der Waals surface area contributed by atoms with Crippen molar-refractivity contribution in [2.24, 2.45) is 5.92 Å². The van der Waals surface area contributed by atoms with Crippen molar-refractivity contribution in [3.63, 3.8) is 0 Å². The zero-order valence-electron chi connectivity index (χ0n) is 11.3. The summed E-state index contributed by atoms with van der Waals surface area (Å²) in [6, 6.07) is 6.09. The zero-order valence-corrected chi connectivity index (χ0v) is 12.1. The molecule has 0 aromatic carbocycles. The molecule has 1 aliphatic rings. The summed E-state index contributed by atoms with van der Waals surface area (Å²) in [5.74, 6) is 2.41. The van der Waals surface area contributed by atoms with Crippen LogP contribution in [0.15, 0.2) is 24.4 Å². The summed E-state index contributed by atoms with van der Waals surface area (Å²) in [6.07, 6.45) is 5.86. The first-order chi connectivity index (χ1) is 9.29. The monoisotopic (exact) mass is 277 g/mol. The Balaban J connectivity index is 1.99. The molecule has 4 heteroatoms. The topological polar surface area (TPSA) is 20.5 Å². The van der Waals surface area contributed by atoms with Crippen LogP contribution in [0.5, 0.6) is 0 Å². The minimum absolute atomic E-state index is 0.507. The lowest BCUT2D eigenvalue weighted by Crippen LogP contribution is -2.25. The van der Waals surface area contributed by atoms with Gasteiger partial charge in [-0.2, -0.15) is 0 Å². The highest BCUT2D eigenvalue weighted by molar-refractivity contribution is 6.17. The van der Waals surface area contributed by atoms with Crippen molar-refractivity contribution in [1.29, 1.82) is 0 Å². The van der Waals surface area contributed by atoms with Crippen molar-refractivity contribution in [1.82, 2.24) is 9.38 Å². The summed E-state index contributed by atoms with van der Waals surface area (Å²) < 4.78 is 2.11. The predicted molar refractivity (Wildman–Crippen MR) is 80.0 cm³/mol. The second-order valence-corrected chi connectivity index (χ2v) is 5.73. The van der Waals surface area contributed by atoms with Gasteiger partial charge in [0.2, 0.25) is 0 Å². The van der Waals surface area contributed by atoms with Crippen LogP contribution in [0, 0.1) is 5.92 Å². The fraction of sp³-hybridized carbons (Fsp3) is 0.533. The number of imidazole rings is 1. The molecule has 1 fully saturated rings. The Morgan fingerprint density at radius 2 is 2.21 bits per heavy atom. The van der Waals surface area contributed by atoms with Gasteiger partial charge < -0.3 is 9.30 Å². The third kappa shape index (κ3) is 2.44. The third-order valence-electron chi connectivity index (χ3n) is 4.05. The summed E-state index contributed by atoms with van der Waals surface area (Å²) >= 11 is 6.15. The molecule has 0 saturated carbocycles. The average molecular weight is 278 g/mol. The maximum absolute atomic E-state index is 6.15. The standard InChI is InChI=1S/C15H20ClN3/c1-12-5-4-8-18(10-7-12)15-13(11-16)19-9-3-2-6-14(19)17-15/h2-3,6,9,12H,4-5,7-8,10-11H2,1H3. The lowest BCUT2D eigenvalue weighted by Gasteiger charge is -2.21. The fourth-order valence-electron chi connectivity index (χ4n) is 2.89. The van der Waals surface area contributed by atoms with Gasteiger partial charge in [0.15, 0.2) is 5.82 Å². The van der Waals surface area contributed by atoms with E-state index in [9.17, 15) is 0 Å². The number of pyridine rings is 1. The molecule has 1 saturated heterocycles. The minimum Gasteiger partial charge on any atom is -0.355 e. The Hall–Kier alpha value is -1.22. The van der Waals surface area contributed by atoms with E-state index in [0.29, 0.717) is 5.88 Å². The van der Waals surface area contributed by atoms with Crippen molar-refractivity contribution >= 4 is 23.1 Å². The van der Waals surface area contributed by atoms with Crippen LogP contribution in [0.4, 0.5) is 5.82 Å². The largest absolute Gasteiger partial charge is 0.355 e. The highest BCUT2D eigenvalue weighted by Crippen LogP contribution is 2.27. The van der Waals surface area contributed by atoms with Crippen LogP contribution in [0.1, 0.15) is 31.9 Å². The first kappa shape index (κ1) is 12.8. The number of rotatable bonds is 2. The van der Waals surface area contributed by atoms with Crippen LogP contribution in [-0.4, -0.2) is 22.5 Å². The van der Waals surface area contributed by atoms with Gasteiger partial charge in [0.05, 0.1) is 11.6 Å². The van der Waals surface area contributed by atoms with Gasteiger partial charge in [-0.05, 0) is 37.3 Å². The van der Waals surface area contributed by atoms with Gasteiger partial charge in [0, 0.05) is 19.3 Å². The first-order valence-corrected chi connectivity index (χ1v) is 7.60. The Labute approximate surface area is 119 Å². The molecule has 102 valence electrons. The van der Waals surface area contributed by atoms with Gasteiger partial charge in [0.1, 0.15) is 5.65 Å². The summed E-state index contributed by atoms with van der Waals surface area (Å²) in [4.78, 5) is 7.19. The van der Waals surface area contributed by atoms with Gasteiger partial charge in [-0.15, -0.1) is 11.6 Å². The van der Waals surface area contributed by atoms with Gasteiger partial charge in [0.25, 0.3) is 0 Å². The normalized spacial score (nSPS) is 20.7. The lowest BCUT2D eigenvalue weighted by atomic mass is 10.0. The van der Waals surface area contributed by atoms with Crippen LogP contribution in [-0.2, 0) is 5.88 Å². The van der Waals surface area contributed by atoms with Crippen molar-refractivity contribution in [3.8, 4) is 0 Å². The van der Waals surface area contributed by atoms with E-state index in [-0.39, 0.29) is 0 Å². The maximum atomic E-state index is 6.15. The molecule has 1 unspecified atom stereocenters. The number of alkyl halides is 1. The Bertz CT molecular complexity index is 564. The van der Waals surface area contributed by atoms with Crippen molar-refractivity contribution in [3.05, 3.63) is 30.1 Å². The lowest BCUT2D eigenvalue weighted by molar-refractivity contribution is 0.521. The van der Waals surface area contributed by atoms with E-state index >= 15 is 0 Å². The number of aromatic nitrogens is 2. The molecule has 2 aromatic heterocycles. The Morgan fingerprint density at radius 1 is 1.32 bits per heavy atom. The molecule has 0 N–H and O–H groups in total. The molecule has 3 rings (SSSR count). The summed E-state index contributed by atoms with van der Waals surface area (Å²) in [6.45, 7) is 4.53. The minimum atomic E-state index is 0.507. The van der Waals surface area contributed by atoms with Gasteiger partial charge in [-0.25, -0.2) is 4.98 Å². The second kappa shape index (κ2) is 5.41. The molecular weight excluding hydrogens is 258 g/mol. The fourth-order valence-corrected chi connectivity index (χ4v) is 3.13. The van der Waals surface area contributed by atoms with Crippen molar-refractivity contribution in [2.45, 2.75) is 32.1 Å². The van der Waals surface area contributed by atoms with E-state index in [1.165, 1.54) is 19.3 Å². The van der Waals surface area contributed by atoms with Crippen LogP contribution in [0.3, 0.4) is 0 Å². The number of fused-ring (bicyclic) bond motifs is 1. The molecule has 0 radical (unpaired) electrons. The highest BCUT2D eigenvalue weighted by Gasteiger charge is 2.20. The first-order valence-electron chi connectivity index (χ1n) is 7.06. The molecule has 3 heterocycles. The predicted octanol–water partition coefficient (Wildman–Crippen LogP) is 3.70. The highest BCUT2D eigenvalue weighted by atomic mass is 35.5. The number of anilines is 1. The van der Waals surface area contributed by atoms with Crippen LogP contribution in [0.2, 0.25) is 0 Å². The summed E-state index contributed by atoms with van der Waals surface area (Å²) in [5, 5.41) is 0.